The third-order valence-corrected chi connectivity index (χ3v) is 6.16. The molecule has 0 saturated heterocycles. The van der Waals surface area contributed by atoms with E-state index >= 15 is 0 Å². The highest BCUT2D eigenvalue weighted by molar-refractivity contribution is 5.78. The number of carbonyl (C=O) groups is 1. The number of ketones is 1. The predicted octanol–water partition coefficient (Wildman–Crippen LogP) is 5.85. The number of rotatable bonds is 15. The van der Waals surface area contributed by atoms with Crippen molar-refractivity contribution in [3.05, 3.63) is 53.6 Å². The Kier molecular flexibility index (Phi) is 11.4. The first-order chi connectivity index (χ1) is 16.7. The van der Waals surface area contributed by atoms with Gasteiger partial charge in [0, 0.05) is 38.2 Å². The molecule has 0 fully saturated rings. The Morgan fingerprint density at radius 1 is 0.857 bits per heavy atom. The monoisotopic (exact) mass is 494 g/mol. The molecule has 2 aromatic carbocycles. The van der Waals surface area contributed by atoms with Gasteiger partial charge in [-0.2, -0.15) is 13.2 Å². The second kappa shape index (κ2) is 14.0. The Hall–Kier alpha value is -2.74. The van der Waals surface area contributed by atoms with Gasteiger partial charge >= 0.3 is 6.18 Å². The minimum atomic E-state index is -4.36. The summed E-state index contributed by atoms with van der Waals surface area (Å²) in [4.78, 5) is 16.9. The summed E-state index contributed by atoms with van der Waals surface area (Å²) in [6.07, 6.45) is -2.25. The predicted molar refractivity (Wildman–Crippen MR) is 134 cm³/mol. The van der Waals surface area contributed by atoms with E-state index in [1.54, 1.807) is 14.2 Å². The highest BCUT2D eigenvalue weighted by Crippen LogP contribution is 2.31. The number of anilines is 1. The Bertz CT molecular complexity index is 913. The van der Waals surface area contributed by atoms with Crippen LogP contribution in [0.3, 0.4) is 0 Å². The third kappa shape index (κ3) is 9.09. The fraction of sp³-hybridized carbons (Fsp3) is 0.519. The lowest BCUT2D eigenvalue weighted by Crippen LogP contribution is -2.35. The molecule has 2 aromatic rings. The van der Waals surface area contributed by atoms with Crippen LogP contribution in [0.15, 0.2) is 42.5 Å². The van der Waals surface area contributed by atoms with Crippen molar-refractivity contribution in [1.29, 1.82) is 0 Å². The van der Waals surface area contributed by atoms with E-state index in [4.69, 9.17) is 9.47 Å². The van der Waals surface area contributed by atoms with Gasteiger partial charge in [0.2, 0.25) is 0 Å². The second-order valence-electron chi connectivity index (χ2n) is 8.39. The number of carbonyl (C=O) groups excluding carboxylic acids is 1. The van der Waals surface area contributed by atoms with E-state index in [1.807, 2.05) is 18.2 Å². The minimum Gasteiger partial charge on any atom is -0.493 e. The molecule has 194 valence electrons. The first kappa shape index (κ1) is 28.5. The van der Waals surface area contributed by atoms with Crippen LogP contribution in [-0.4, -0.2) is 57.6 Å². The third-order valence-electron chi connectivity index (χ3n) is 6.16. The van der Waals surface area contributed by atoms with Crippen molar-refractivity contribution >= 4 is 11.5 Å². The summed E-state index contributed by atoms with van der Waals surface area (Å²) in [7, 11) is 3.16. The van der Waals surface area contributed by atoms with E-state index in [1.165, 1.54) is 12.1 Å². The Morgan fingerprint density at radius 3 is 2.09 bits per heavy atom. The van der Waals surface area contributed by atoms with Crippen LogP contribution in [0, 0.1) is 0 Å². The van der Waals surface area contributed by atoms with E-state index in [2.05, 4.69) is 23.6 Å². The molecule has 0 radical (unpaired) electrons. The molecule has 2 rings (SSSR count). The largest absolute Gasteiger partial charge is 0.493 e. The Balaban J connectivity index is 1.94. The smallest absolute Gasteiger partial charge is 0.416 e. The van der Waals surface area contributed by atoms with Crippen LogP contribution in [0.2, 0.25) is 0 Å². The molecular formula is C27H37F3N2O3. The van der Waals surface area contributed by atoms with E-state index in [0.29, 0.717) is 50.3 Å². The summed E-state index contributed by atoms with van der Waals surface area (Å²) in [5, 5.41) is 0. The van der Waals surface area contributed by atoms with Gasteiger partial charge in [-0.1, -0.05) is 19.9 Å². The number of hydrogen-bond acceptors (Lipinski definition) is 5. The molecule has 35 heavy (non-hydrogen) atoms. The zero-order valence-electron chi connectivity index (χ0n) is 21.2. The number of Topliss-reactive ketones (excluding diaryl/α,β-unsaturated/α-hetero) is 1. The van der Waals surface area contributed by atoms with E-state index in [-0.39, 0.29) is 5.78 Å². The molecule has 0 bridgehead atoms. The average molecular weight is 495 g/mol. The highest BCUT2D eigenvalue weighted by Gasteiger charge is 2.30. The fourth-order valence-corrected chi connectivity index (χ4v) is 3.95. The fourth-order valence-electron chi connectivity index (χ4n) is 3.95. The summed E-state index contributed by atoms with van der Waals surface area (Å²) in [6, 6.07) is 10.9. The Labute approximate surface area is 206 Å². The van der Waals surface area contributed by atoms with Crippen molar-refractivity contribution in [2.75, 3.05) is 51.8 Å². The molecule has 0 heterocycles. The van der Waals surface area contributed by atoms with Crippen LogP contribution >= 0.6 is 0 Å². The zero-order chi connectivity index (χ0) is 25.8. The number of hydrogen-bond donors (Lipinski definition) is 0. The van der Waals surface area contributed by atoms with Crippen LogP contribution in [0.25, 0.3) is 0 Å². The van der Waals surface area contributed by atoms with Gasteiger partial charge in [0.25, 0.3) is 0 Å². The SMILES string of the molecule is CCN(CC)CCN(CCCC(=O)CCc1ccc(OC)c(OC)c1)c1ccc(C(F)(F)F)cc1. The van der Waals surface area contributed by atoms with Gasteiger partial charge in [-0.15, -0.1) is 0 Å². The van der Waals surface area contributed by atoms with Gasteiger partial charge in [0.05, 0.1) is 19.8 Å². The van der Waals surface area contributed by atoms with Gasteiger partial charge in [-0.25, -0.2) is 0 Å². The maximum absolute atomic E-state index is 13.0. The lowest BCUT2D eigenvalue weighted by molar-refractivity contribution is -0.137. The molecule has 0 aliphatic carbocycles. The van der Waals surface area contributed by atoms with Crippen LogP contribution < -0.4 is 14.4 Å². The molecule has 0 saturated carbocycles. The normalized spacial score (nSPS) is 11.5. The Morgan fingerprint density at radius 2 is 1.51 bits per heavy atom. The lowest BCUT2D eigenvalue weighted by atomic mass is 10.0. The molecule has 0 atom stereocenters. The summed E-state index contributed by atoms with van der Waals surface area (Å²) in [6.45, 7) is 8.09. The number of aryl methyl sites for hydroxylation is 1. The summed E-state index contributed by atoms with van der Waals surface area (Å²) in [5.74, 6) is 1.45. The number of likely N-dealkylation sites (N-methyl/N-ethyl adjacent to an activating group) is 1. The summed E-state index contributed by atoms with van der Waals surface area (Å²) >= 11 is 0. The van der Waals surface area contributed by atoms with Gasteiger partial charge in [0.15, 0.2) is 11.5 Å². The van der Waals surface area contributed by atoms with Crippen LogP contribution in [0.5, 0.6) is 11.5 Å². The molecular weight excluding hydrogens is 457 g/mol. The number of benzene rings is 2. The second-order valence-corrected chi connectivity index (χ2v) is 8.39. The summed E-state index contributed by atoms with van der Waals surface area (Å²) < 4.78 is 49.4. The average Bonchev–Trinajstić information content (AvgIpc) is 2.86. The van der Waals surface area contributed by atoms with Crippen molar-refractivity contribution < 1.29 is 27.4 Å². The summed E-state index contributed by atoms with van der Waals surface area (Å²) in [5.41, 5.74) is 1.08. The number of ether oxygens (including phenoxy) is 2. The van der Waals surface area contributed by atoms with Crippen molar-refractivity contribution in [3.63, 3.8) is 0 Å². The van der Waals surface area contributed by atoms with Gasteiger partial charge < -0.3 is 19.3 Å². The standard InChI is InChI=1S/C27H37F3N2O3/c1-5-31(6-2)18-19-32(23-13-11-22(12-14-23)27(28,29)30)17-7-8-24(33)15-9-21-10-16-25(34-3)26(20-21)35-4/h10-14,16,20H,5-9,15,17-19H2,1-4H3. The van der Waals surface area contributed by atoms with Gasteiger partial charge in [-0.05, 0) is 67.9 Å². The molecule has 8 heteroatoms. The molecule has 0 aliphatic rings. The topological polar surface area (TPSA) is 42.0 Å². The van der Waals surface area contributed by atoms with E-state index < -0.39 is 11.7 Å². The van der Waals surface area contributed by atoms with E-state index in [9.17, 15) is 18.0 Å². The number of nitrogens with zero attached hydrogens (tertiary/aromatic N) is 2. The number of halogens is 3. The minimum absolute atomic E-state index is 0.163. The molecule has 0 N–H and O–H groups in total. The van der Waals surface area contributed by atoms with Crippen molar-refractivity contribution in [2.45, 2.75) is 45.7 Å². The van der Waals surface area contributed by atoms with Crippen LogP contribution in [0.4, 0.5) is 18.9 Å². The number of methoxy groups -OCH3 is 2. The first-order valence-corrected chi connectivity index (χ1v) is 12.1. The quantitative estimate of drug-likeness (QED) is 0.311. The molecule has 0 unspecified atom stereocenters. The van der Waals surface area contributed by atoms with Crippen molar-refractivity contribution in [1.82, 2.24) is 4.90 Å². The van der Waals surface area contributed by atoms with Crippen LogP contribution in [-0.2, 0) is 17.4 Å². The molecule has 0 aliphatic heterocycles. The number of alkyl halides is 3. The first-order valence-electron chi connectivity index (χ1n) is 12.1. The highest BCUT2D eigenvalue weighted by atomic mass is 19.4. The van der Waals surface area contributed by atoms with Gasteiger partial charge in [0.1, 0.15) is 5.78 Å². The molecule has 0 aromatic heterocycles. The van der Waals surface area contributed by atoms with Gasteiger partial charge in [-0.3, -0.25) is 4.79 Å². The van der Waals surface area contributed by atoms with E-state index in [0.717, 1.165) is 43.0 Å². The van der Waals surface area contributed by atoms with Crippen molar-refractivity contribution in [3.8, 4) is 11.5 Å². The lowest BCUT2D eigenvalue weighted by Gasteiger charge is -2.28. The molecule has 0 amide bonds. The molecule has 5 nitrogen and oxygen atoms in total. The van der Waals surface area contributed by atoms with Crippen molar-refractivity contribution in [2.24, 2.45) is 0 Å². The molecule has 0 spiro atoms. The van der Waals surface area contributed by atoms with Crippen LogP contribution in [0.1, 0.15) is 44.2 Å². The zero-order valence-corrected chi connectivity index (χ0v) is 21.2. The maximum Gasteiger partial charge on any atom is 0.416 e. The maximum atomic E-state index is 13.0.